The molecule has 0 aliphatic rings. The second-order valence-electron chi connectivity index (χ2n) is 10.1. The lowest BCUT2D eigenvalue weighted by Gasteiger charge is -2.38. The Morgan fingerprint density at radius 2 is 1.74 bits per heavy atom. The highest BCUT2D eigenvalue weighted by Crippen LogP contribution is 2.24. The number of carbonyl (C=O) groups excluding carboxylic acids is 2. The summed E-state index contributed by atoms with van der Waals surface area (Å²) in [7, 11) is -3.68. The fraction of sp³-hybridized carbons (Fsp3) is 0.720. The molecule has 1 rings (SSSR count). The predicted molar refractivity (Wildman–Crippen MR) is 136 cm³/mol. The Labute approximate surface area is 210 Å². The Kier molecular flexibility index (Phi) is 12.8. The van der Waals surface area contributed by atoms with Crippen molar-refractivity contribution in [3.05, 3.63) is 30.1 Å². The molecule has 9 nitrogen and oxygen atoms in total. The fourth-order valence-corrected chi connectivity index (χ4v) is 5.27. The highest BCUT2D eigenvalue weighted by molar-refractivity contribution is 7.91. The normalized spacial score (nSPS) is 15.5. The molecular weight excluding hydrogens is 470 g/mol. The smallest absolute Gasteiger partial charge is 0.256 e. The maximum Gasteiger partial charge on any atom is 0.256 e. The standard InChI is InChI=1S/C25H43N3O6S/c1-7-8-12-35(33,34)16-28(25(32)20-10-9-11-26-15-20)21(13-17(2)3)23(30)22(29)19(6)24(31)27-14-18(4)5/h9-11,15,17-19,21-23,29-30H,7-8,12-14,16H2,1-6H3,(H,27,31)/t19-,21+,22-,23-/m1/s1. The van der Waals surface area contributed by atoms with Gasteiger partial charge in [0.15, 0.2) is 9.84 Å². The summed E-state index contributed by atoms with van der Waals surface area (Å²) in [6.07, 6.45) is 1.15. The van der Waals surface area contributed by atoms with Gasteiger partial charge in [0.25, 0.3) is 5.91 Å². The van der Waals surface area contributed by atoms with E-state index < -0.39 is 51.7 Å². The summed E-state index contributed by atoms with van der Waals surface area (Å²) in [4.78, 5) is 31.1. The molecule has 1 aromatic heterocycles. The summed E-state index contributed by atoms with van der Waals surface area (Å²) in [5.41, 5.74) is 0.177. The van der Waals surface area contributed by atoms with Crippen molar-refractivity contribution in [3.63, 3.8) is 0 Å². The van der Waals surface area contributed by atoms with Crippen LogP contribution in [-0.4, -0.2) is 76.8 Å². The Hall–Kier alpha value is -2.04. The molecule has 10 heteroatoms. The van der Waals surface area contributed by atoms with E-state index >= 15 is 0 Å². The number of hydrogen-bond donors (Lipinski definition) is 3. The van der Waals surface area contributed by atoms with E-state index in [1.807, 2.05) is 34.6 Å². The lowest BCUT2D eigenvalue weighted by molar-refractivity contribution is -0.133. The van der Waals surface area contributed by atoms with E-state index in [1.54, 1.807) is 6.07 Å². The van der Waals surface area contributed by atoms with Crippen LogP contribution in [0.4, 0.5) is 0 Å². The van der Waals surface area contributed by atoms with Crippen molar-refractivity contribution in [2.24, 2.45) is 17.8 Å². The van der Waals surface area contributed by atoms with Crippen LogP contribution in [0.15, 0.2) is 24.5 Å². The molecule has 0 unspecified atom stereocenters. The van der Waals surface area contributed by atoms with Gasteiger partial charge in [0.05, 0.1) is 29.4 Å². The monoisotopic (exact) mass is 513 g/mol. The molecular formula is C25H43N3O6S. The number of nitrogens with zero attached hydrogens (tertiary/aromatic N) is 2. The molecule has 1 heterocycles. The molecule has 0 radical (unpaired) electrons. The van der Waals surface area contributed by atoms with Gasteiger partial charge in [0.1, 0.15) is 12.0 Å². The van der Waals surface area contributed by atoms with Crippen LogP contribution in [0, 0.1) is 17.8 Å². The summed E-state index contributed by atoms with van der Waals surface area (Å²) in [5.74, 6) is -2.51. The van der Waals surface area contributed by atoms with E-state index in [4.69, 9.17) is 0 Å². The van der Waals surface area contributed by atoms with Crippen LogP contribution in [0.1, 0.15) is 71.2 Å². The first-order valence-corrected chi connectivity index (χ1v) is 14.2. The van der Waals surface area contributed by atoms with Gasteiger partial charge < -0.3 is 20.4 Å². The highest BCUT2D eigenvalue weighted by atomic mass is 32.2. The number of sulfone groups is 1. The van der Waals surface area contributed by atoms with Gasteiger partial charge >= 0.3 is 0 Å². The molecule has 0 aliphatic carbocycles. The third-order valence-corrected chi connectivity index (χ3v) is 7.36. The van der Waals surface area contributed by atoms with Crippen LogP contribution >= 0.6 is 0 Å². The zero-order valence-corrected chi connectivity index (χ0v) is 22.7. The van der Waals surface area contributed by atoms with Crippen molar-refractivity contribution < 1.29 is 28.2 Å². The molecule has 0 saturated carbocycles. The minimum absolute atomic E-state index is 0.0329. The Morgan fingerprint density at radius 1 is 1.09 bits per heavy atom. The van der Waals surface area contributed by atoms with Crippen LogP contribution in [0.2, 0.25) is 0 Å². The molecule has 0 bridgehead atoms. The number of nitrogens with one attached hydrogen (secondary N) is 1. The van der Waals surface area contributed by atoms with Gasteiger partial charge in [0.2, 0.25) is 5.91 Å². The maximum absolute atomic E-state index is 13.5. The van der Waals surface area contributed by atoms with Crippen LogP contribution in [-0.2, 0) is 14.6 Å². The number of amides is 2. The molecule has 0 fully saturated rings. The zero-order valence-electron chi connectivity index (χ0n) is 21.8. The van der Waals surface area contributed by atoms with Crippen LogP contribution in [0.25, 0.3) is 0 Å². The number of aliphatic hydroxyl groups is 2. The first kappa shape index (κ1) is 31.0. The number of carbonyl (C=O) groups is 2. The van der Waals surface area contributed by atoms with E-state index in [-0.39, 0.29) is 29.6 Å². The summed E-state index contributed by atoms with van der Waals surface area (Å²) in [6, 6.07) is 2.06. The van der Waals surface area contributed by atoms with Crippen molar-refractivity contribution in [3.8, 4) is 0 Å². The number of aliphatic hydroxyl groups excluding tert-OH is 2. The molecule has 0 spiro atoms. The molecule has 0 saturated heterocycles. The van der Waals surface area contributed by atoms with E-state index in [1.165, 1.54) is 25.4 Å². The van der Waals surface area contributed by atoms with Gasteiger partial charge in [-0.2, -0.15) is 0 Å². The predicted octanol–water partition coefficient (Wildman–Crippen LogP) is 2.24. The van der Waals surface area contributed by atoms with Gasteiger partial charge in [0, 0.05) is 18.9 Å². The molecule has 2 amide bonds. The summed E-state index contributed by atoms with van der Waals surface area (Å²) >= 11 is 0. The number of aromatic nitrogens is 1. The molecule has 4 atom stereocenters. The molecule has 0 aromatic carbocycles. The lowest BCUT2D eigenvalue weighted by atomic mass is 9.89. The molecule has 200 valence electrons. The third-order valence-electron chi connectivity index (χ3n) is 5.78. The topological polar surface area (TPSA) is 137 Å². The van der Waals surface area contributed by atoms with Gasteiger partial charge in [-0.05, 0) is 36.8 Å². The second kappa shape index (κ2) is 14.5. The Balaban J connectivity index is 3.36. The SMILES string of the molecule is CCCCS(=O)(=O)CN(C(=O)c1cccnc1)[C@@H](CC(C)C)[C@@H](O)[C@H](O)[C@@H](C)C(=O)NCC(C)C. The molecule has 35 heavy (non-hydrogen) atoms. The van der Waals surface area contributed by atoms with E-state index in [9.17, 15) is 28.2 Å². The van der Waals surface area contributed by atoms with Crippen molar-refractivity contribution in [1.82, 2.24) is 15.2 Å². The number of rotatable bonds is 15. The van der Waals surface area contributed by atoms with Gasteiger partial charge in [-0.3, -0.25) is 14.6 Å². The van der Waals surface area contributed by atoms with Crippen LogP contribution in [0.5, 0.6) is 0 Å². The fourth-order valence-electron chi connectivity index (χ4n) is 3.68. The number of unbranched alkanes of at least 4 members (excludes halogenated alkanes) is 1. The minimum Gasteiger partial charge on any atom is -0.390 e. The average Bonchev–Trinajstić information content (AvgIpc) is 2.81. The Bertz CT molecular complexity index is 892. The van der Waals surface area contributed by atoms with E-state index in [0.29, 0.717) is 19.4 Å². The first-order valence-electron chi connectivity index (χ1n) is 12.4. The third kappa shape index (κ3) is 10.2. The molecule has 0 aliphatic heterocycles. The van der Waals surface area contributed by atoms with Gasteiger partial charge in [-0.15, -0.1) is 0 Å². The summed E-state index contributed by atoms with van der Waals surface area (Å²) in [5, 5.41) is 24.9. The van der Waals surface area contributed by atoms with Crippen molar-refractivity contribution >= 4 is 21.7 Å². The number of pyridine rings is 1. The summed E-state index contributed by atoms with van der Waals surface area (Å²) < 4.78 is 25.8. The lowest BCUT2D eigenvalue weighted by Crippen LogP contribution is -2.56. The minimum atomic E-state index is -3.68. The highest BCUT2D eigenvalue weighted by Gasteiger charge is 2.40. The zero-order chi connectivity index (χ0) is 26.8. The molecule has 1 aromatic rings. The van der Waals surface area contributed by atoms with Crippen LogP contribution < -0.4 is 5.32 Å². The Morgan fingerprint density at radius 3 is 2.26 bits per heavy atom. The summed E-state index contributed by atoms with van der Waals surface area (Å²) in [6.45, 7) is 11.4. The van der Waals surface area contributed by atoms with E-state index in [2.05, 4.69) is 10.3 Å². The quantitative estimate of drug-likeness (QED) is 0.327. The van der Waals surface area contributed by atoms with Crippen LogP contribution in [0.3, 0.4) is 0 Å². The van der Waals surface area contributed by atoms with Crippen molar-refractivity contribution in [2.75, 3.05) is 18.2 Å². The second-order valence-corrected chi connectivity index (χ2v) is 12.2. The largest absolute Gasteiger partial charge is 0.390 e. The van der Waals surface area contributed by atoms with E-state index in [0.717, 1.165) is 4.90 Å². The van der Waals surface area contributed by atoms with Gasteiger partial charge in [-0.25, -0.2) is 8.42 Å². The average molecular weight is 514 g/mol. The van der Waals surface area contributed by atoms with Gasteiger partial charge in [-0.1, -0.05) is 48.0 Å². The first-order chi connectivity index (χ1) is 16.3. The number of hydrogen-bond acceptors (Lipinski definition) is 7. The maximum atomic E-state index is 13.5. The molecule has 3 N–H and O–H groups in total. The van der Waals surface area contributed by atoms with Crippen molar-refractivity contribution in [2.45, 2.75) is 79.1 Å². The van der Waals surface area contributed by atoms with Crippen molar-refractivity contribution in [1.29, 1.82) is 0 Å².